The molecule has 0 saturated carbocycles. The van der Waals surface area contributed by atoms with Crippen molar-refractivity contribution in [3.05, 3.63) is 34.7 Å². The molecular formula is C15H15ClN4O2. The van der Waals surface area contributed by atoms with Gasteiger partial charge in [-0.15, -0.1) is 0 Å². The van der Waals surface area contributed by atoms with Crippen LogP contribution in [-0.2, 0) is 4.79 Å². The highest BCUT2D eigenvalue weighted by Crippen LogP contribution is 2.38. The molecular weight excluding hydrogens is 304 g/mol. The number of aromatic nitrogens is 2. The summed E-state index contributed by atoms with van der Waals surface area (Å²) in [6, 6.07) is 5.51. The summed E-state index contributed by atoms with van der Waals surface area (Å²) in [5.41, 5.74) is 3.21. The Morgan fingerprint density at radius 1 is 1.32 bits per heavy atom. The first-order valence-electron chi connectivity index (χ1n) is 6.75. The Balaban J connectivity index is 2.15. The molecule has 0 radical (unpaired) electrons. The fourth-order valence-electron chi connectivity index (χ4n) is 2.43. The fraction of sp³-hybridized carbons (Fsp3) is 0.267. The molecule has 2 aromatic rings. The number of amides is 1. The molecule has 0 bridgehead atoms. The van der Waals surface area contributed by atoms with Gasteiger partial charge in [-0.1, -0.05) is 0 Å². The van der Waals surface area contributed by atoms with E-state index < -0.39 is 0 Å². The first-order valence-corrected chi connectivity index (χ1v) is 7.13. The maximum absolute atomic E-state index is 12.0. The quantitative estimate of drug-likeness (QED) is 0.862. The van der Waals surface area contributed by atoms with E-state index in [1.807, 2.05) is 30.9 Å². The fourth-order valence-corrected chi connectivity index (χ4v) is 2.64. The van der Waals surface area contributed by atoms with Gasteiger partial charge in [0.15, 0.2) is 0 Å². The summed E-state index contributed by atoms with van der Waals surface area (Å²) in [5.74, 6) is 1.20. The van der Waals surface area contributed by atoms with E-state index in [1.54, 1.807) is 13.2 Å². The van der Waals surface area contributed by atoms with Crippen molar-refractivity contribution in [1.29, 1.82) is 0 Å². The van der Waals surface area contributed by atoms with Crippen molar-refractivity contribution in [3.63, 3.8) is 0 Å². The number of carbonyl (C=O) groups excluding carboxylic acids is 1. The second-order valence-corrected chi connectivity index (χ2v) is 5.38. The van der Waals surface area contributed by atoms with Crippen molar-refractivity contribution in [2.45, 2.75) is 13.8 Å². The first-order chi connectivity index (χ1) is 10.5. The van der Waals surface area contributed by atoms with Crippen molar-refractivity contribution in [1.82, 2.24) is 9.97 Å². The smallest absolute Gasteiger partial charge is 0.244 e. The Hall–Kier alpha value is -2.34. The predicted octanol–water partition coefficient (Wildman–Crippen LogP) is 2.85. The molecule has 1 amide bonds. The van der Waals surface area contributed by atoms with Gasteiger partial charge in [0.2, 0.25) is 11.2 Å². The van der Waals surface area contributed by atoms with Crippen molar-refractivity contribution in [2.24, 2.45) is 0 Å². The summed E-state index contributed by atoms with van der Waals surface area (Å²) in [6.07, 6.45) is 0. The summed E-state index contributed by atoms with van der Waals surface area (Å²) < 4.78 is 5.20. The molecule has 6 nitrogen and oxygen atoms in total. The van der Waals surface area contributed by atoms with E-state index in [9.17, 15) is 4.79 Å². The van der Waals surface area contributed by atoms with Gasteiger partial charge in [-0.2, -0.15) is 4.98 Å². The number of rotatable bonds is 2. The molecule has 7 heteroatoms. The van der Waals surface area contributed by atoms with Gasteiger partial charge in [0.25, 0.3) is 0 Å². The predicted molar refractivity (Wildman–Crippen MR) is 85.1 cm³/mol. The van der Waals surface area contributed by atoms with Crippen molar-refractivity contribution in [3.8, 4) is 5.75 Å². The van der Waals surface area contributed by atoms with E-state index in [2.05, 4.69) is 15.3 Å². The van der Waals surface area contributed by atoms with E-state index >= 15 is 0 Å². The first kappa shape index (κ1) is 14.6. The van der Waals surface area contributed by atoms with Crippen molar-refractivity contribution in [2.75, 3.05) is 23.9 Å². The third kappa shape index (κ3) is 2.46. The summed E-state index contributed by atoms with van der Waals surface area (Å²) in [4.78, 5) is 22.3. The van der Waals surface area contributed by atoms with Gasteiger partial charge in [-0.25, -0.2) is 4.98 Å². The highest BCUT2D eigenvalue weighted by molar-refractivity contribution is 6.28. The lowest BCUT2D eigenvalue weighted by molar-refractivity contribution is -0.115. The van der Waals surface area contributed by atoms with Crippen LogP contribution in [0.1, 0.15) is 11.3 Å². The van der Waals surface area contributed by atoms with Crippen LogP contribution in [0.15, 0.2) is 18.2 Å². The largest absolute Gasteiger partial charge is 0.497 e. The van der Waals surface area contributed by atoms with Crippen LogP contribution in [-0.4, -0.2) is 29.5 Å². The van der Waals surface area contributed by atoms with Crippen LogP contribution in [0, 0.1) is 13.8 Å². The van der Waals surface area contributed by atoms with Crippen molar-refractivity contribution >= 4 is 34.7 Å². The Labute approximate surface area is 133 Å². The Morgan fingerprint density at radius 3 is 2.82 bits per heavy atom. The van der Waals surface area contributed by atoms with Gasteiger partial charge in [0, 0.05) is 17.3 Å². The molecule has 1 N–H and O–H groups in total. The van der Waals surface area contributed by atoms with E-state index in [1.165, 1.54) is 0 Å². The van der Waals surface area contributed by atoms with Crippen LogP contribution in [0.5, 0.6) is 5.75 Å². The molecule has 3 rings (SSSR count). The molecule has 22 heavy (non-hydrogen) atoms. The second kappa shape index (κ2) is 5.46. The lowest BCUT2D eigenvalue weighted by Gasteiger charge is -2.31. The number of hydrogen-bond donors (Lipinski definition) is 1. The zero-order valence-electron chi connectivity index (χ0n) is 12.5. The van der Waals surface area contributed by atoms with Crippen LogP contribution in [0.3, 0.4) is 0 Å². The van der Waals surface area contributed by atoms with Gasteiger partial charge >= 0.3 is 0 Å². The van der Waals surface area contributed by atoms with Crippen LogP contribution in [0.25, 0.3) is 0 Å². The number of fused-ring (bicyclic) bond motifs is 1. The number of benzene rings is 1. The van der Waals surface area contributed by atoms with E-state index in [0.717, 1.165) is 16.9 Å². The summed E-state index contributed by atoms with van der Waals surface area (Å²) >= 11 is 5.98. The van der Waals surface area contributed by atoms with E-state index in [4.69, 9.17) is 16.3 Å². The van der Waals surface area contributed by atoms with E-state index in [0.29, 0.717) is 17.3 Å². The van der Waals surface area contributed by atoms with Gasteiger partial charge < -0.3 is 15.0 Å². The lowest BCUT2D eigenvalue weighted by Crippen LogP contribution is -2.36. The topological polar surface area (TPSA) is 67.3 Å². The maximum atomic E-state index is 12.0. The zero-order chi connectivity index (χ0) is 15.9. The Bertz CT molecular complexity index is 763. The number of methoxy groups -OCH3 is 1. The minimum Gasteiger partial charge on any atom is -0.497 e. The summed E-state index contributed by atoms with van der Waals surface area (Å²) in [5, 5.41) is 3.01. The molecule has 1 aliphatic heterocycles. The van der Waals surface area contributed by atoms with Gasteiger partial charge in [-0.05, 0) is 37.6 Å². The summed E-state index contributed by atoms with van der Waals surface area (Å²) in [6.45, 7) is 3.95. The number of anilines is 3. The standard InChI is InChI=1S/C15H15ClN4O2/c1-8-9(2)17-15(16)19-14(8)20-7-13(21)18-11-6-10(22-3)4-5-12(11)20/h4-6H,7H2,1-3H3,(H,18,21). The minimum absolute atomic E-state index is 0.118. The van der Waals surface area contributed by atoms with Gasteiger partial charge in [0.1, 0.15) is 18.1 Å². The van der Waals surface area contributed by atoms with Crippen LogP contribution in [0.4, 0.5) is 17.2 Å². The molecule has 2 heterocycles. The molecule has 1 aromatic carbocycles. The van der Waals surface area contributed by atoms with Crippen LogP contribution in [0.2, 0.25) is 5.28 Å². The molecule has 0 atom stereocenters. The van der Waals surface area contributed by atoms with Gasteiger partial charge in [-0.3, -0.25) is 4.79 Å². The molecule has 0 spiro atoms. The molecule has 0 saturated heterocycles. The number of hydrogen-bond acceptors (Lipinski definition) is 5. The molecule has 1 aromatic heterocycles. The molecule has 0 unspecified atom stereocenters. The average Bonchev–Trinajstić information content (AvgIpc) is 2.49. The third-order valence-corrected chi connectivity index (χ3v) is 3.83. The number of nitrogens with one attached hydrogen (secondary N) is 1. The number of ether oxygens (including phenoxy) is 1. The normalized spacial score (nSPS) is 13.6. The van der Waals surface area contributed by atoms with Crippen molar-refractivity contribution < 1.29 is 9.53 Å². The maximum Gasteiger partial charge on any atom is 0.244 e. The van der Waals surface area contributed by atoms with E-state index in [-0.39, 0.29) is 17.7 Å². The number of nitrogens with zero attached hydrogens (tertiary/aromatic N) is 3. The third-order valence-electron chi connectivity index (χ3n) is 3.66. The zero-order valence-corrected chi connectivity index (χ0v) is 13.2. The molecule has 0 aliphatic carbocycles. The second-order valence-electron chi connectivity index (χ2n) is 5.04. The lowest BCUT2D eigenvalue weighted by atomic mass is 10.1. The minimum atomic E-state index is -0.118. The number of carbonyl (C=O) groups is 1. The number of halogens is 1. The SMILES string of the molecule is COc1ccc2c(c1)NC(=O)CN2c1nc(Cl)nc(C)c1C. The Morgan fingerprint density at radius 2 is 2.09 bits per heavy atom. The number of aryl methyl sites for hydroxylation is 1. The highest BCUT2D eigenvalue weighted by atomic mass is 35.5. The molecule has 1 aliphatic rings. The monoisotopic (exact) mass is 318 g/mol. The highest BCUT2D eigenvalue weighted by Gasteiger charge is 2.26. The molecule has 0 fully saturated rings. The molecule has 114 valence electrons. The summed E-state index contributed by atoms with van der Waals surface area (Å²) in [7, 11) is 1.59. The van der Waals surface area contributed by atoms with Gasteiger partial charge in [0.05, 0.1) is 18.5 Å². The Kier molecular flexibility index (Phi) is 3.62. The average molecular weight is 319 g/mol. The van der Waals surface area contributed by atoms with Crippen LogP contribution >= 0.6 is 11.6 Å². The van der Waals surface area contributed by atoms with Crippen LogP contribution < -0.4 is 15.0 Å².